The smallest absolute Gasteiger partial charge is 0.303 e. The number of aliphatic carboxylic acids is 1. The fraction of sp³-hybridized carbons (Fsp3) is 0.382. The Balaban J connectivity index is 1.12. The van der Waals surface area contributed by atoms with Gasteiger partial charge < -0.3 is 55.1 Å². The summed E-state index contributed by atoms with van der Waals surface area (Å²) in [5, 5.41) is 14.9. The molecule has 0 saturated heterocycles. The lowest BCUT2D eigenvalue weighted by atomic mass is 9.92. The van der Waals surface area contributed by atoms with E-state index in [1.165, 1.54) is 31.4 Å². The summed E-state index contributed by atoms with van der Waals surface area (Å²) in [7, 11) is 1.40. The third-order valence-corrected chi connectivity index (χ3v) is 13.3. The number of amides is 6. The molecule has 2 atom stereocenters. The SMILES string of the molecule is CCc1nc(C)oc1C(=O)Cc1nc2cc(C(N)=O)cc(OCCCNC(=O)[C@@H](CCC(=O)O)CC(=O)[C@H](N)CCC(=O)CN3C(=O)C=CC3=O)c2n1C/C=C/Cn1c(NC(=O)c2oc(C)nc2CC)nc2cc(C(N)=O)cc(OC)c21. The molecule has 0 spiro atoms. The van der Waals surface area contributed by atoms with Crippen molar-refractivity contribution in [2.24, 2.45) is 23.1 Å². The highest BCUT2D eigenvalue weighted by Crippen LogP contribution is 2.33. The minimum atomic E-state index is -1.20. The second-order valence-electron chi connectivity index (χ2n) is 19.1. The summed E-state index contributed by atoms with van der Waals surface area (Å²) in [6.07, 6.45) is 4.79. The minimum absolute atomic E-state index is 0.00724. The van der Waals surface area contributed by atoms with E-state index in [4.69, 9.17) is 40.5 Å². The predicted octanol–water partition coefficient (Wildman–Crippen LogP) is 3.17. The molecule has 82 heavy (non-hydrogen) atoms. The highest BCUT2D eigenvalue weighted by atomic mass is 16.5. The molecular formula is C55H62N12O15. The lowest BCUT2D eigenvalue weighted by Crippen LogP contribution is -2.39. The summed E-state index contributed by atoms with van der Waals surface area (Å²) in [5.74, 6) is -6.66. The molecule has 0 unspecified atom stereocenters. The third-order valence-electron chi connectivity index (χ3n) is 13.3. The molecule has 9 N–H and O–H groups in total. The number of imide groups is 1. The lowest BCUT2D eigenvalue weighted by Gasteiger charge is -2.18. The quantitative estimate of drug-likeness (QED) is 0.0157. The number of allylic oxidation sites excluding steroid dienone is 2. The maximum absolute atomic E-state index is 14.0. The first-order chi connectivity index (χ1) is 39.1. The van der Waals surface area contributed by atoms with E-state index in [0.717, 1.165) is 17.1 Å². The van der Waals surface area contributed by atoms with Crippen molar-refractivity contribution in [1.29, 1.82) is 0 Å². The van der Waals surface area contributed by atoms with Gasteiger partial charge in [0.1, 0.15) is 34.1 Å². The number of ether oxygens (including phenoxy) is 2. The summed E-state index contributed by atoms with van der Waals surface area (Å²) in [5.41, 5.74) is 19.8. The number of hydrogen-bond donors (Lipinski definition) is 6. The summed E-state index contributed by atoms with van der Waals surface area (Å²) in [4.78, 5) is 146. The number of imidazole rings is 2. The molecule has 6 aromatic rings. The molecule has 0 saturated carbocycles. The Labute approximate surface area is 467 Å². The number of nitrogens with two attached hydrogens (primary N) is 3. The zero-order chi connectivity index (χ0) is 59.5. The number of primary amides is 2. The highest BCUT2D eigenvalue weighted by Gasteiger charge is 2.30. The molecular weight excluding hydrogens is 1070 g/mol. The van der Waals surface area contributed by atoms with E-state index in [0.29, 0.717) is 47.0 Å². The number of carbonyl (C=O) groups is 10. The van der Waals surface area contributed by atoms with Gasteiger partial charge in [-0.1, -0.05) is 26.0 Å². The van der Waals surface area contributed by atoms with E-state index < -0.39 is 90.1 Å². The van der Waals surface area contributed by atoms with Crippen LogP contribution in [0.5, 0.6) is 11.5 Å². The number of fused-ring (bicyclic) bond motifs is 2. The van der Waals surface area contributed by atoms with E-state index in [9.17, 15) is 53.1 Å². The average Bonchev–Trinajstić information content (AvgIpc) is 4.32. The Hall–Kier alpha value is -9.66. The molecule has 0 radical (unpaired) electrons. The topological polar surface area (TPSA) is 402 Å². The van der Waals surface area contributed by atoms with Crippen LogP contribution < -0.4 is 37.3 Å². The number of aryl methyl sites for hydroxylation is 4. The van der Waals surface area contributed by atoms with Crippen molar-refractivity contribution < 1.29 is 71.4 Å². The fourth-order valence-corrected chi connectivity index (χ4v) is 9.17. The number of methoxy groups -OCH3 is 1. The van der Waals surface area contributed by atoms with Crippen molar-refractivity contribution in [3.8, 4) is 11.5 Å². The van der Waals surface area contributed by atoms with Crippen LogP contribution in [0.15, 0.2) is 57.4 Å². The summed E-state index contributed by atoms with van der Waals surface area (Å²) in [6.45, 7) is 6.37. The lowest BCUT2D eigenvalue weighted by molar-refractivity contribution is -0.140. The number of carboxylic acids is 1. The number of rotatable bonds is 31. The van der Waals surface area contributed by atoms with E-state index in [-0.39, 0.29) is 115 Å². The van der Waals surface area contributed by atoms with E-state index in [1.54, 1.807) is 35.1 Å². The van der Waals surface area contributed by atoms with Crippen LogP contribution in [0.2, 0.25) is 0 Å². The molecule has 1 aliphatic rings. The van der Waals surface area contributed by atoms with Gasteiger partial charge in [-0.05, 0) is 56.4 Å². The van der Waals surface area contributed by atoms with Gasteiger partial charge in [-0.25, -0.2) is 19.9 Å². The molecule has 0 aliphatic carbocycles. The second-order valence-corrected chi connectivity index (χ2v) is 19.1. The second kappa shape index (κ2) is 26.5. The first-order valence-electron chi connectivity index (χ1n) is 26.2. The number of aromatic nitrogens is 6. The number of nitrogens with one attached hydrogen (secondary N) is 2. The van der Waals surface area contributed by atoms with Crippen LogP contribution in [-0.2, 0) is 61.1 Å². The summed E-state index contributed by atoms with van der Waals surface area (Å²) < 4.78 is 26.7. The van der Waals surface area contributed by atoms with Gasteiger partial charge in [0.05, 0.1) is 55.1 Å². The molecule has 0 bridgehead atoms. The third kappa shape index (κ3) is 14.2. The summed E-state index contributed by atoms with van der Waals surface area (Å²) >= 11 is 0. The molecule has 2 aromatic carbocycles. The molecule has 27 nitrogen and oxygen atoms in total. The maximum atomic E-state index is 14.0. The van der Waals surface area contributed by atoms with Crippen molar-refractivity contribution in [3.63, 3.8) is 0 Å². The van der Waals surface area contributed by atoms with Gasteiger partial charge in [0.25, 0.3) is 17.7 Å². The number of hydrogen-bond acceptors (Lipinski definition) is 19. The number of ketones is 3. The van der Waals surface area contributed by atoms with Gasteiger partial charge in [-0.15, -0.1) is 0 Å². The Morgan fingerprint density at radius 2 is 1.35 bits per heavy atom. The van der Waals surface area contributed by atoms with Crippen molar-refractivity contribution in [2.45, 2.75) is 105 Å². The Morgan fingerprint density at radius 1 is 0.768 bits per heavy atom. The molecule has 6 amide bonds. The zero-order valence-electron chi connectivity index (χ0n) is 45.7. The van der Waals surface area contributed by atoms with Crippen LogP contribution in [0.3, 0.4) is 0 Å². The predicted molar refractivity (Wildman–Crippen MR) is 291 cm³/mol. The van der Waals surface area contributed by atoms with Crippen LogP contribution in [0.4, 0.5) is 5.95 Å². The molecule has 7 rings (SSSR count). The Bertz CT molecular complexity index is 3560. The first-order valence-corrected chi connectivity index (χ1v) is 26.2. The minimum Gasteiger partial charge on any atom is -0.494 e. The number of anilines is 1. The van der Waals surface area contributed by atoms with E-state index in [2.05, 4.69) is 25.6 Å². The van der Waals surface area contributed by atoms with Crippen LogP contribution in [-0.4, -0.2) is 131 Å². The van der Waals surface area contributed by atoms with Crippen LogP contribution >= 0.6 is 0 Å². The number of Topliss-reactive ketones (excluding diaryl/α,β-unsaturated/α-hetero) is 3. The van der Waals surface area contributed by atoms with Gasteiger partial charge in [0.15, 0.2) is 23.3 Å². The highest BCUT2D eigenvalue weighted by molar-refractivity contribution is 6.14. The van der Waals surface area contributed by atoms with Gasteiger partial charge in [-0.3, -0.25) is 58.2 Å². The number of nitrogens with zero attached hydrogens (tertiary/aromatic N) is 7. The molecule has 1 aliphatic heterocycles. The van der Waals surface area contributed by atoms with Crippen LogP contribution in [0.1, 0.15) is 123 Å². The van der Waals surface area contributed by atoms with E-state index in [1.807, 2.05) is 13.8 Å². The standard InChI is InChI=1S/C55H62N12O15/c1-6-35-49(81-28(3)60-35)40(70)26-43-62-37-21-32(52(58)76)25-42(80-20-10-17-59-53(77)30(11-16-46(73)74)23-39(69)34(56)13-12-33(68)27-67-44(71)14-15-45(67)72)48(37)65(43)18-8-9-19-66-47-38(22-31(51(57)75)24-41(47)79-5)63-55(66)64-54(78)50-36(7-2)61-29(4)82-50/h8-9,14-15,21-22,24-25,30,34H,6-7,10-13,16-20,23,26-27,56H2,1-5H3,(H2,57,75)(H2,58,76)(H,59,77)(H,73,74)(H,63,64,78)/b9-8+/t30-,34+/m0/s1. The number of oxazole rings is 2. The van der Waals surface area contributed by atoms with Crippen molar-refractivity contribution in [2.75, 3.05) is 32.1 Å². The van der Waals surface area contributed by atoms with Crippen LogP contribution in [0, 0.1) is 19.8 Å². The molecule has 0 fully saturated rings. The van der Waals surface area contributed by atoms with Gasteiger partial charge >= 0.3 is 5.97 Å². The normalized spacial score (nSPS) is 13.1. The average molecular weight is 1130 g/mol. The first kappa shape index (κ1) is 60.0. The Morgan fingerprint density at radius 3 is 1.96 bits per heavy atom. The van der Waals surface area contributed by atoms with Crippen molar-refractivity contribution >= 4 is 86.8 Å². The molecule has 27 heteroatoms. The van der Waals surface area contributed by atoms with Gasteiger partial charge in [0.2, 0.25) is 35.2 Å². The van der Waals surface area contributed by atoms with Crippen LogP contribution in [0.25, 0.3) is 22.1 Å². The molecule has 5 heterocycles. The molecule has 432 valence electrons. The number of benzene rings is 2. The number of carboxylic acid groups (broad SMARTS) is 1. The monoisotopic (exact) mass is 1130 g/mol. The van der Waals surface area contributed by atoms with Crippen molar-refractivity contribution in [1.82, 2.24) is 39.3 Å². The van der Waals surface area contributed by atoms with Crippen molar-refractivity contribution in [3.05, 3.63) is 100 Å². The fourth-order valence-electron chi connectivity index (χ4n) is 9.17. The number of carbonyl (C=O) groups excluding carboxylic acids is 9. The maximum Gasteiger partial charge on any atom is 0.303 e. The van der Waals surface area contributed by atoms with Gasteiger partial charge in [0, 0.05) is 81.9 Å². The zero-order valence-corrected chi connectivity index (χ0v) is 45.7. The Kier molecular flexibility index (Phi) is 19.4. The van der Waals surface area contributed by atoms with Gasteiger partial charge in [-0.2, -0.15) is 0 Å². The molecule has 4 aromatic heterocycles. The van der Waals surface area contributed by atoms with E-state index >= 15 is 0 Å². The summed E-state index contributed by atoms with van der Waals surface area (Å²) in [6, 6.07) is 4.58. The largest absolute Gasteiger partial charge is 0.494 e.